The van der Waals surface area contributed by atoms with E-state index in [9.17, 15) is 0 Å². The Morgan fingerprint density at radius 3 is 0.679 bits per heavy atom. The van der Waals surface area contributed by atoms with Crippen LogP contribution < -0.4 is 30.2 Å². The van der Waals surface area contributed by atoms with Gasteiger partial charge in [0.1, 0.15) is 0 Å². The van der Waals surface area contributed by atoms with Crippen LogP contribution in [0.15, 0.2) is 0 Å². The van der Waals surface area contributed by atoms with Crippen molar-refractivity contribution in [3.05, 3.63) is 0 Å². The molecule has 2 aromatic heterocycles. The third-order valence-corrected chi connectivity index (χ3v) is 21.1. The van der Waals surface area contributed by atoms with E-state index >= 15 is 0 Å². The monoisotopic (exact) mass is 1130 g/mol. The zero-order chi connectivity index (χ0) is 60.3. The first-order valence-electron chi connectivity index (χ1n) is 32.6. The lowest BCUT2D eigenvalue weighted by atomic mass is 9.77. The van der Waals surface area contributed by atoms with Gasteiger partial charge in [0.15, 0.2) is 0 Å². The minimum atomic E-state index is 0.0163. The number of unbranched alkanes of at least 4 members (excludes halogenated alkanes) is 4. The first-order valence-corrected chi connectivity index (χ1v) is 32.6. The lowest BCUT2D eigenvalue weighted by Crippen LogP contribution is -2.63. The van der Waals surface area contributed by atoms with E-state index in [-0.39, 0.29) is 68.5 Å². The van der Waals surface area contributed by atoms with Crippen molar-refractivity contribution in [1.29, 1.82) is 0 Å². The van der Waals surface area contributed by atoms with Gasteiger partial charge < -0.3 is 30.2 Å². The van der Waals surface area contributed by atoms with Crippen LogP contribution in [-0.4, -0.2) is 185 Å². The third-order valence-electron chi connectivity index (χ3n) is 21.1. The van der Waals surface area contributed by atoms with Gasteiger partial charge in [0.2, 0.25) is 35.7 Å². The van der Waals surface area contributed by atoms with Crippen LogP contribution in [0.4, 0.5) is 35.7 Å². The summed E-state index contributed by atoms with van der Waals surface area (Å²) in [5.74, 6) is 4.55. The van der Waals surface area contributed by atoms with Crippen LogP contribution in [0.2, 0.25) is 0 Å². The van der Waals surface area contributed by atoms with Gasteiger partial charge in [0.05, 0.1) is 0 Å². The Hall–Kier alpha value is -3.34. The Morgan fingerprint density at radius 2 is 0.506 bits per heavy atom. The number of rotatable bonds is 26. The van der Waals surface area contributed by atoms with E-state index in [1.165, 1.54) is 0 Å². The third kappa shape index (κ3) is 15.8. The van der Waals surface area contributed by atoms with Gasteiger partial charge >= 0.3 is 0 Å². The number of anilines is 6. The molecule has 6 heterocycles. The molecule has 81 heavy (non-hydrogen) atoms. The highest BCUT2D eigenvalue weighted by Gasteiger charge is 2.50. The molecule has 0 unspecified atom stereocenters. The van der Waals surface area contributed by atoms with Gasteiger partial charge in [0, 0.05) is 108 Å². The van der Waals surface area contributed by atoms with Crippen molar-refractivity contribution in [2.75, 3.05) is 97.7 Å². The average molecular weight is 1130 g/mol. The standard InChI is InChI=1S/C65H124N16/c1-25-29-36-78(48-40-58(5,6)74(21)59(7,8)41-48)54-68-52(69-55(72-54)79(37-30-26-2)49-42-60(9,10)75(22)61(11,12)43-49)66-34-33-35-67-53-70-56(80(38-31-27-3)50-44-62(13,14)76(23)63(15,16)45-50)73-57(71-53)81(39-32-28-4)51-46-64(17,18)77(24)65(19,20)47-51/h48-51H,25-47H2,1-24H3,(H,66,68,69,72)(H,67,70,71,73). The Balaban J connectivity index is 1.37. The average Bonchev–Trinajstić information content (AvgIpc) is 3.35. The van der Waals surface area contributed by atoms with E-state index in [1.54, 1.807) is 0 Å². The van der Waals surface area contributed by atoms with Crippen molar-refractivity contribution >= 4 is 35.7 Å². The predicted molar refractivity (Wildman–Crippen MR) is 346 cm³/mol. The van der Waals surface area contributed by atoms with Gasteiger partial charge in [-0.25, -0.2) is 0 Å². The van der Waals surface area contributed by atoms with Crippen LogP contribution in [0.3, 0.4) is 0 Å². The van der Waals surface area contributed by atoms with Gasteiger partial charge in [-0.1, -0.05) is 53.4 Å². The molecule has 0 aliphatic carbocycles. The number of aromatic nitrogens is 6. The van der Waals surface area contributed by atoms with E-state index in [1.807, 2.05) is 0 Å². The van der Waals surface area contributed by atoms with Gasteiger partial charge in [-0.2, -0.15) is 29.9 Å². The zero-order valence-electron chi connectivity index (χ0n) is 56.8. The summed E-state index contributed by atoms with van der Waals surface area (Å²) in [6, 6.07) is 1.15. The van der Waals surface area contributed by atoms with Crippen LogP contribution in [0.1, 0.15) is 248 Å². The lowest BCUT2D eigenvalue weighted by molar-refractivity contribution is -0.0135. The topological polar surface area (TPSA) is 127 Å². The van der Waals surface area contributed by atoms with E-state index in [2.05, 4.69) is 216 Å². The van der Waals surface area contributed by atoms with Crippen LogP contribution in [0.25, 0.3) is 0 Å². The molecule has 0 atom stereocenters. The molecule has 6 rings (SSSR count). The zero-order valence-corrected chi connectivity index (χ0v) is 56.8. The molecule has 0 spiro atoms. The molecule has 16 heteroatoms. The van der Waals surface area contributed by atoms with Gasteiger partial charge in [-0.15, -0.1) is 0 Å². The van der Waals surface area contributed by atoms with Crippen molar-refractivity contribution in [3.8, 4) is 0 Å². The number of piperidine rings is 4. The first kappa shape index (κ1) is 66.8. The summed E-state index contributed by atoms with van der Waals surface area (Å²) < 4.78 is 0. The van der Waals surface area contributed by atoms with Crippen LogP contribution in [0, 0.1) is 0 Å². The lowest BCUT2D eigenvalue weighted by Gasteiger charge is -2.56. The SMILES string of the molecule is CCCCN(c1nc(NCCCNc2nc(N(CCCC)C3CC(C)(C)N(C)C(C)(C)C3)nc(N(CCCC)C3CC(C)(C)N(C)C(C)(C)C3)n2)nc(N(CCCC)C2CC(C)(C)N(C)C(C)(C)C2)n1)C1CC(C)(C)N(C)C(C)(C)C1. The summed E-state index contributed by atoms with van der Waals surface area (Å²) in [6.07, 6.45) is 17.9. The Labute approximate surface area is 496 Å². The molecule has 0 saturated carbocycles. The van der Waals surface area contributed by atoms with Crippen molar-refractivity contribution in [2.24, 2.45) is 0 Å². The Morgan fingerprint density at radius 1 is 0.321 bits per heavy atom. The number of hydrogen-bond acceptors (Lipinski definition) is 16. The molecule has 0 aromatic carbocycles. The summed E-state index contributed by atoms with van der Waals surface area (Å²) in [6.45, 7) is 52.7. The van der Waals surface area contributed by atoms with E-state index in [0.717, 1.165) is 159 Å². The fourth-order valence-electron chi connectivity index (χ4n) is 15.1. The fourth-order valence-corrected chi connectivity index (χ4v) is 15.1. The number of hydrogen-bond donors (Lipinski definition) is 2. The quantitative estimate of drug-likeness (QED) is 0.0867. The predicted octanol–water partition coefficient (Wildman–Crippen LogP) is 13.0. The van der Waals surface area contributed by atoms with Gasteiger partial charge in [0.25, 0.3) is 0 Å². The molecule has 16 nitrogen and oxygen atoms in total. The molecule has 0 radical (unpaired) electrons. The summed E-state index contributed by atoms with van der Waals surface area (Å²) in [7, 11) is 9.22. The summed E-state index contributed by atoms with van der Waals surface area (Å²) in [5.41, 5.74) is 0.130. The largest absolute Gasteiger partial charge is 0.354 e. The van der Waals surface area contributed by atoms with Crippen molar-refractivity contribution in [1.82, 2.24) is 49.5 Å². The molecule has 464 valence electrons. The van der Waals surface area contributed by atoms with E-state index in [0.29, 0.717) is 25.0 Å². The van der Waals surface area contributed by atoms with E-state index < -0.39 is 0 Å². The maximum atomic E-state index is 5.61. The summed E-state index contributed by atoms with van der Waals surface area (Å²) >= 11 is 0. The van der Waals surface area contributed by atoms with Crippen LogP contribution >= 0.6 is 0 Å². The highest BCUT2D eigenvalue weighted by atomic mass is 15.4. The minimum Gasteiger partial charge on any atom is -0.354 e. The molecule has 2 aromatic rings. The van der Waals surface area contributed by atoms with Gasteiger partial charge in [-0.3, -0.25) is 19.6 Å². The van der Waals surface area contributed by atoms with Crippen molar-refractivity contribution < 1.29 is 0 Å². The van der Waals surface area contributed by atoms with Crippen molar-refractivity contribution in [2.45, 2.75) is 316 Å². The second-order valence-electron chi connectivity index (χ2n) is 30.9. The smallest absolute Gasteiger partial charge is 0.232 e. The Bertz CT molecular complexity index is 1930. The van der Waals surface area contributed by atoms with Crippen molar-refractivity contribution in [3.63, 3.8) is 0 Å². The molecule has 0 bridgehead atoms. The molecule has 2 N–H and O–H groups in total. The molecule has 0 amide bonds. The van der Waals surface area contributed by atoms with E-state index in [4.69, 9.17) is 29.9 Å². The summed E-state index contributed by atoms with van der Waals surface area (Å²) in [5, 5.41) is 7.60. The fraction of sp³-hybridized carbons (Fsp3) is 0.908. The highest BCUT2D eigenvalue weighted by molar-refractivity contribution is 5.49. The molecule has 4 aliphatic heterocycles. The minimum absolute atomic E-state index is 0.0163. The molecule has 4 aliphatic rings. The molecule has 4 saturated heterocycles. The number of nitrogens with one attached hydrogen (secondary N) is 2. The normalized spacial score (nSPS) is 23.3. The van der Waals surface area contributed by atoms with Crippen LogP contribution in [-0.2, 0) is 0 Å². The summed E-state index contributed by atoms with van der Waals surface area (Å²) in [4.78, 5) is 53.6. The maximum absolute atomic E-state index is 5.61. The number of nitrogens with zero attached hydrogens (tertiary/aromatic N) is 14. The molecular weight excluding hydrogens is 1000 g/mol. The Kier molecular flexibility index (Phi) is 21.5. The number of likely N-dealkylation sites (tertiary alicyclic amines) is 4. The highest BCUT2D eigenvalue weighted by Crippen LogP contribution is 2.45. The molecule has 4 fully saturated rings. The first-order chi connectivity index (χ1) is 37.6. The second kappa shape index (κ2) is 26.1. The second-order valence-corrected chi connectivity index (χ2v) is 30.9. The van der Waals surface area contributed by atoms with Gasteiger partial charge in [-0.05, 0) is 222 Å². The molecular formula is C65H124N16. The van der Waals surface area contributed by atoms with Crippen LogP contribution in [0.5, 0.6) is 0 Å². The maximum Gasteiger partial charge on any atom is 0.232 e.